The van der Waals surface area contributed by atoms with Crippen LogP contribution in [0.1, 0.15) is 24.6 Å². The molecule has 1 unspecified atom stereocenters. The third-order valence-corrected chi connectivity index (χ3v) is 4.62. The predicted molar refractivity (Wildman–Crippen MR) is 94.2 cm³/mol. The quantitative estimate of drug-likeness (QED) is 0.690. The fraction of sp³-hybridized carbons (Fsp3) is 0.389. The van der Waals surface area contributed by atoms with Crippen LogP contribution in [0.4, 0.5) is 0 Å². The molecule has 4 heterocycles. The average Bonchev–Trinajstić information content (AvgIpc) is 3.27. The molecule has 1 atom stereocenters. The maximum atomic E-state index is 12.3. The zero-order chi connectivity index (χ0) is 17.9. The van der Waals surface area contributed by atoms with Crippen LogP contribution < -0.4 is 5.56 Å². The lowest BCUT2D eigenvalue weighted by Gasteiger charge is -2.23. The Labute approximate surface area is 150 Å². The molecular formula is C18H20N6O2. The zero-order valence-corrected chi connectivity index (χ0v) is 14.6. The van der Waals surface area contributed by atoms with Crippen LogP contribution in [0.5, 0.6) is 0 Å². The average molecular weight is 352 g/mol. The third kappa shape index (κ3) is 3.55. The second-order valence-electron chi connectivity index (χ2n) is 6.48. The summed E-state index contributed by atoms with van der Waals surface area (Å²) >= 11 is 0. The standard InChI is InChI=1S/C18H20N6O2/c1-13-20-17(22-26-13)12-23-9-3-5-15(23)11-24-18(25)7-6-16(21-24)14-4-2-8-19-10-14/h2,4,6-8,10,15H,3,5,9,11-12H2,1H3. The van der Waals surface area contributed by atoms with Gasteiger partial charge >= 0.3 is 0 Å². The number of hydrogen-bond donors (Lipinski definition) is 0. The van der Waals surface area contributed by atoms with E-state index in [9.17, 15) is 4.79 Å². The monoisotopic (exact) mass is 352 g/mol. The van der Waals surface area contributed by atoms with Gasteiger partial charge in [-0.05, 0) is 37.6 Å². The number of aryl methyl sites for hydroxylation is 1. The maximum absolute atomic E-state index is 12.3. The first-order chi connectivity index (χ1) is 12.7. The first-order valence-electron chi connectivity index (χ1n) is 8.71. The van der Waals surface area contributed by atoms with Crippen molar-refractivity contribution in [1.82, 2.24) is 29.8 Å². The molecule has 3 aromatic heterocycles. The minimum absolute atomic E-state index is 0.0973. The van der Waals surface area contributed by atoms with Crippen LogP contribution in [0.15, 0.2) is 46.0 Å². The molecule has 3 aromatic rings. The van der Waals surface area contributed by atoms with E-state index in [1.807, 2.05) is 12.1 Å². The third-order valence-electron chi connectivity index (χ3n) is 4.62. The van der Waals surface area contributed by atoms with E-state index in [-0.39, 0.29) is 11.6 Å². The van der Waals surface area contributed by atoms with Gasteiger partial charge in [-0.25, -0.2) is 4.68 Å². The van der Waals surface area contributed by atoms with Gasteiger partial charge in [0.2, 0.25) is 5.89 Å². The normalized spacial score (nSPS) is 17.7. The summed E-state index contributed by atoms with van der Waals surface area (Å²) in [6, 6.07) is 7.33. The van der Waals surface area contributed by atoms with Crippen molar-refractivity contribution in [3.8, 4) is 11.3 Å². The first kappa shape index (κ1) is 16.6. The van der Waals surface area contributed by atoms with Crippen molar-refractivity contribution in [3.63, 3.8) is 0 Å². The summed E-state index contributed by atoms with van der Waals surface area (Å²) in [7, 11) is 0. The van der Waals surface area contributed by atoms with Crippen LogP contribution >= 0.6 is 0 Å². The van der Waals surface area contributed by atoms with Crippen molar-refractivity contribution in [2.75, 3.05) is 6.54 Å². The molecule has 1 fully saturated rings. The Morgan fingerprint density at radius 3 is 3.00 bits per heavy atom. The topological polar surface area (TPSA) is 89.9 Å². The predicted octanol–water partition coefficient (Wildman–Crippen LogP) is 1.66. The van der Waals surface area contributed by atoms with Gasteiger partial charge in [0, 0.05) is 37.0 Å². The summed E-state index contributed by atoms with van der Waals surface area (Å²) in [6.45, 7) is 3.91. The molecule has 0 bridgehead atoms. The molecule has 8 heteroatoms. The molecule has 8 nitrogen and oxygen atoms in total. The fourth-order valence-corrected chi connectivity index (χ4v) is 3.34. The summed E-state index contributed by atoms with van der Waals surface area (Å²) in [4.78, 5) is 23.0. The Kier molecular flexibility index (Phi) is 4.57. The van der Waals surface area contributed by atoms with E-state index in [0.717, 1.165) is 30.6 Å². The molecule has 0 aromatic carbocycles. The lowest BCUT2D eigenvalue weighted by Crippen LogP contribution is -2.36. The number of pyridine rings is 1. The lowest BCUT2D eigenvalue weighted by molar-refractivity contribution is 0.209. The van der Waals surface area contributed by atoms with Gasteiger partial charge in [0.15, 0.2) is 5.82 Å². The molecule has 4 rings (SSSR count). The number of rotatable bonds is 5. The van der Waals surface area contributed by atoms with Crippen molar-refractivity contribution in [1.29, 1.82) is 0 Å². The Hall–Kier alpha value is -2.87. The van der Waals surface area contributed by atoms with E-state index < -0.39 is 0 Å². The summed E-state index contributed by atoms with van der Waals surface area (Å²) in [6.07, 6.45) is 5.56. The molecule has 0 spiro atoms. The number of hydrogen-bond acceptors (Lipinski definition) is 7. The number of aromatic nitrogens is 5. The molecule has 0 aliphatic carbocycles. The van der Waals surface area contributed by atoms with Crippen molar-refractivity contribution in [2.24, 2.45) is 0 Å². The summed E-state index contributed by atoms with van der Waals surface area (Å²) in [5.41, 5.74) is 1.54. The molecule has 0 amide bonds. The van der Waals surface area contributed by atoms with E-state index in [1.165, 1.54) is 0 Å². The van der Waals surface area contributed by atoms with Crippen molar-refractivity contribution in [3.05, 3.63) is 58.7 Å². The Bertz CT molecular complexity index is 936. The van der Waals surface area contributed by atoms with Gasteiger partial charge in [0.1, 0.15) is 0 Å². The van der Waals surface area contributed by atoms with Crippen LogP contribution in [-0.2, 0) is 13.1 Å². The van der Waals surface area contributed by atoms with Crippen LogP contribution in [0.25, 0.3) is 11.3 Å². The molecular weight excluding hydrogens is 332 g/mol. The minimum Gasteiger partial charge on any atom is -0.340 e. The van der Waals surface area contributed by atoms with E-state index in [2.05, 4.69) is 25.1 Å². The van der Waals surface area contributed by atoms with E-state index in [4.69, 9.17) is 4.52 Å². The van der Waals surface area contributed by atoms with Gasteiger partial charge in [0.05, 0.1) is 18.8 Å². The second kappa shape index (κ2) is 7.17. The van der Waals surface area contributed by atoms with Crippen LogP contribution in [0.2, 0.25) is 0 Å². The first-order valence-corrected chi connectivity index (χ1v) is 8.71. The SMILES string of the molecule is Cc1nc(CN2CCCC2Cn2nc(-c3cccnc3)ccc2=O)no1. The Morgan fingerprint density at radius 2 is 2.23 bits per heavy atom. The minimum atomic E-state index is -0.0973. The molecule has 0 radical (unpaired) electrons. The number of likely N-dealkylation sites (tertiary alicyclic amines) is 1. The molecule has 0 N–H and O–H groups in total. The van der Waals surface area contributed by atoms with Crippen LogP contribution in [0.3, 0.4) is 0 Å². The molecule has 1 aliphatic heterocycles. The highest BCUT2D eigenvalue weighted by molar-refractivity contribution is 5.56. The van der Waals surface area contributed by atoms with E-state index >= 15 is 0 Å². The van der Waals surface area contributed by atoms with Crippen molar-refractivity contribution >= 4 is 0 Å². The molecule has 1 saturated heterocycles. The van der Waals surface area contributed by atoms with Crippen molar-refractivity contribution in [2.45, 2.75) is 38.9 Å². The van der Waals surface area contributed by atoms with E-state index in [1.54, 1.807) is 36.1 Å². The molecule has 0 saturated carbocycles. The number of nitrogens with zero attached hydrogens (tertiary/aromatic N) is 6. The largest absolute Gasteiger partial charge is 0.340 e. The van der Waals surface area contributed by atoms with Gasteiger partial charge in [-0.15, -0.1) is 0 Å². The van der Waals surface area contributed by atoms with Crippen molar-refractivity contribution < 1.29 is 4.52 Å². The van der Waals surface area contributed by atoms with Crippen LogP contribution in [-0.4, -0.2) is 42.4 Å². The van der Waals surface area contributed by atoms with Gasteiger partial charge in [-0.3, -0.25) is 14.7 Å². The summed E-state index contributed by atoms with van der Waals surface area (Å²) in [5, 5.41) is 8.51. The van der Waals surface area contributed by atoms with Gasteiger partial charge in [-0.1, -0.05) is 5.16 Å². The lowest BCUT2D eigenvalue weighted by atomic mass is 10.2. The van der Waals surface area contributed by atoms with Gasteiger partial charge in [-0.2, -0.15) is 10.1 Å². The fourth-order valence-electron chi connectivity index (χ4n) is 3.34. The highest BCUT2D eigenvalue weighted by Crippen LogP contribution is 2.21. The van der Waals surface area contributed by atoms with Crippen LogP contribution in [0, 0.1) is 6.92 Å². The molecule has 134 valence electrons. The molecule has 26 heavy (non-hydrogen) atoms. The smallest absolute Gasteiger partial charge is 0.266 e. The highest BCUT2D eigenvalue weighted by Gasteiger charge is 2.27. The Balaban J connectivity index is 1.53. The maximum Gasteiger partial charge on any atom is 0.266 e. The second-order valence-corrected chi connectivity index (χ2v) is 6.48. The highest BCUT2D eigenvalue weighted by atomic mass is 16.5. The summed E-state index contributed by atoms with van der Waals surface area (Å²) < 4.78 is 6.60. The zero-order valence-electron chi connectivity index (χ0n) is 14.6. The Morgan fingerprint density at radius 1 is 1.31 bits per heavy atom. The molecule has 1 aliphatic rings. The van der Waals surface area contributed by atoms with Gasteiger partial charge < -0.3 is 4.52 Å². The van der Waals surface area contributed by atoms with E-state index in [0.29, 0.717) is 24.8 Å². The summed E-state index contributed by atoms with van der Waals surface area (Å²) in [5.74, 6) is 1.25. The van der Waals surface area contributed by atoms with Gasteiger partial charge in [0.25, 0.3) is 5.56 Å².